The summed E-state index contributed by atoms with van der Waals surface area (Å²) in [5.74, 6) is 1.44. The Labute approximate surface area is 229 Å². The van der Waals surface area contributed by atoms with Gasteiger partial charge in [0.25, 0.3) is 0 Å². The van der Waals surface area contributed by atoms with Gasteiger partial charge in [-0.05, 0) is 54.9 Å². The van der Waals surface area contributed by atoms with E-state index in [2.05, 4.69) is 22.4 Å². The number of para-hydroxylation sites is 1. The zero-order valence-electron chi connectivity index (χ0n) is 22.2. The fourth-order valence-corrected chi connectivity index (χ4v) is 4.90. The molecular weight excluding hydrogens is 492 g/mol. The minimum atomic E-state index is -0.325. The first-order valence-corrected chi connectivity index (χ1v) is 13.4. The van der Waals surface area contributed by atoms with E-state index in [1.54, 1.807) is 25.4 Å². The van der Waals surface area contributed by atoms with Gasteiger partial charge in [-0.25, -0.2) is 4.79 Å². The highest BCUT2D eigenvalue weighted by atomic mass is 16.5. The average molecular weight is 527 g/mol. The van der Waals surface area contributed by atoms with Gasteiger partial charge in [-0.3, -0.25) is 4.98 Å². The number of aromatic nitrogens is 1. The summed E-state index contributed by atoms with van der Waals surface area (Å²) in [5.41, 5.74) is 3.47. The molecule has 1 saturated heterocycles. The number of fused-ring (bicyclic) bond motifs is 1. The lowest BCUT2D eigenvalue weighted by Crippen LogP contribution is -2.42. The molecule has 5 rings (SSSR count). The number of hydrogen-bond acceptors (Lipinski definition) is 7. The lowest BCUT2D eigenvalue weighted by atomic mass is 9.87. The molecule has 7 nitrogen and oxygen atoms in total. The van der Waals surface area contributed by atoms with Gasteiger partial charge < -0.3 is 24.3 Å². The van der Waals surface area contributed by atoms with Crippen molar-refractivity contribution in [2.75, 3.05) is 33.4 Å². The molecular formula is C32H34N2O5. The molecule has 0 saturated carbocycles. The van der Waals surface area contributed by atoms with Gasteiger partial charge in [0.2, 0.25) is 0 Å². The minimum Gasteiger partial charge on any atom is -0.496 e. The Morgan fingerprint density at radius 2 is 1.87 bits per heavy atom. The number of hydrogen-bond donors (Lipinski definition) is 1. The van der Waals surface area contributed by atoms with E-state index in [1.807, 2.05) is 54.6 Å². The van der Waals surface area contributed by atoms with Crippen molar-refractivity contribution >= 4 is 16.9 Å². The number of nitrogens with zero attached hydrogens (tertiary/aromatic N) is 1. The van der Waals surface area contributed by atoms with E-state index in [4.69, 9.17) is 18.9 Å². The van der Waals surface area contributed by atoms with Crippen LogP contribution in [0.3, 0.4) is 0 Å². The van der Waals surface area contributed by atoms with E-state index in [1.165, 1.54) is 0 Å². The highest BCUT2D eigenvalue weighted by Gasteiger charge is 2.30. The summed E-state index contributed by atoms with van der Waals surface area (Å²) in [4.78, 5) is 17.3. The molecule has 7 heteroatoms. The monoisotopic (exact) mass is 526 g/mol. The number of esters is 1. The third-order valence-electron chi connectivity index (χ3n) is 6.99. The van der Waals surface area contributed by atoms with Crippen LogP contribution in [-0.2, 0) is 16.1 Å². The molecule has 3 aromatic carbocycles. The topological polar surface area (TPSA) is 78.9 Å². The van der Waals surface area contributed by atoms with Gasteiger partial charge in [0.05, 0.1) is 38.0 Å². The third-order valence-corrected chi connectivity index (χ3v) is 6.99. The molecule has 1 N–H and O–H groups in total. The number of ether oxygens (including phenoxy) is 4. The van der Waals surface area contributed by atoms with Crippen molar-refractivity contribution in [2.45, 2.75) is 31.5 Å². The predicted molar refractivity (Wildman–Crippen MR) is 150 cm³/mol. The number of methoxy groups -OCH3 is 1. The van der Waals surface area contributed by atoms with Crippen LogP contribution in [0.15, 0.2) is 85.1 Å². The number of piperidine rings is 1. The van der Waals surface area contributed by atoms with Crippen molar-refractivity contribution in [3.05, 3.63) is 102 Å². The van der Waals surface area contributed by atoms with Gasteiger partial charge in [0, 0.05) is 36.0 Å². The Kier molecular flexibility index (Phi) is 9.04. The molecule has 202 valence electrons. The molecule has 0 amide bonds. The van der Waals surface area contributed by atoms with Gasteiger partial charge >= 0.3 is 5.97 Å². The van der Waals surface area contributed by atoms with Crippen LogP contribution in [0.5, 0.6) is 11.5 Å². The standard InChI is InChI=1S/C32H34N2O5/c1-36-30-8-3-2-6-26(30)22-37-18-5-19-38-27-13-11-23(12-14-27)28-15-17-33-21-31(28)39-32(35)25-10-9-24-7-4-16-34-29(24)20-25/h2-4,6-14,16,20,28,31,33H,5,15,17-19,21-22H2,1H3. The summed E-state index contributed by atoms with van der Waals surface area (Å²) < 4.78 is 23.1. The lowest BCUT2D eigenvalue weighted by molar-refractivity contribution is 0.0182. The molecule has 1 aliphatic heterocycles. The van der Waals surface area contributed by atoms with Crippen molar-refractivity contribution in [2.24, 2.45) is 0 Å². The summed E-state index contributed by atoms with van der Waals surface area (Å²) in [7, 11) is 1.67. The number of benzene rings is 3. The molecule has 0 spiro atoms. The average Bonchev–Trinajstić information content (AvgIpc) is 2.99. The van der Waals surface area contributed by atoms with E-state index in [0.29, 0.717) is 31.9 Å². The Morgan fingerprint density at radius 3 is 2.74 bits per heavy atom. The Bertz CT molecular complexity index is 1370. The lowest BCUT2D eigenvalue weighted by Gasteiger charge is -2.32. The third kappa shape index (κ3) is 6.93. The molecule has 0 bridgehead atoms. The molecule has 1 aliphatic rings. The number of pyridine rings is 1. The van der Waals surface area contributed by atoms with E-state index < -0.39 is 0 Å². The van der Waals surface area contributed by atoms with Gasteiger partial charge in [-0.1, -0.05) is 42.5 Å². The summed E-state index contributed by atoms with van der Waals surface area (Å²) >= 11 is 0. The largest absolute Gasteiger partial charge is 0.496 e. The van der Waals surface area contributed by atoms with Gasteiger partial charge in [-0.15, -0.1) is 0 Å². The number of carbonyl (C=O) groups excluding carboxylic acids is 1. The van der Waals surface area contributed by atoms with Crippen LogP contribution in [0, 0.1) is 0 Å². The molecule has 2 unspecified atom stereocenters. The maximum absolute atomic E-state index is 13.0. The van der Waals surface area contributed by atoms with E-state index in [9.17, 15) is 4.79 Å². The van der Waals surface area contributed by atoms with E-state index in [0.717, 1.165) is 52.9 Å². The first kappa shape index (κ1) is 26.7. The highest BCUT2D eigenvalue weighted by molar-refractivity contribution is 5.94. The second-order valence-corrected chi connectivity index (χ2v) is 9.59. The maximum atomic E-state index is 13.0. The molecule has 1 aromatic heterocycles. The highest BCUT2D eigenvalue weighted by Crippen LogP contribution is 2.30. The molecule has 0 aliphatic carbocycles. The van der Waals surface area contributed by atoms with Crippen molar-refractivity contribution in [3.63, 3.8) is 0 Å². The summed E-state index contributed by atoms with van der Waals surface area (Å²) in [6.45, 7) is 3.19. The van der Waals surface area contributed by atoms with Gasteiger partial charge in [-0.2, -0.15) is 0 Å². The normalized spacial score (nSPS) is 17.1. The SMILES string of the molecule is COc1ccccc1COCCCOc1ccc(C2CCNCC2OC(=O)c2ccc3cccnc3c2)cc1. The van der Waals surface area contributed by atoms with Crippen LogP contribution in [0.2, 0.25) is 0 Å². The second-order valence-electron chi connectivity index (χ2n) is 9.59. The van der Waals surface area contributed by atoms with Crippen LogP contribution < -0.4 is 14.8 Å². The Morgan fingerprint density at radius 1 is 1.00 bits per heavy atom. The number of rotatable bonds is 11. The Hall–Kier alpha value is -3.94. The van der Waals surface area contributed by atoms with Crippen molar-refractivity contribution < 1.29 is 23.7 Å². The summed E-state index contributed by atoms with van der Waals surface area (Å²) in [6.07, 6.45) is 3.15. The van der Waals surface area contributed by atoms with Crippen LogP contribution in [0.1, 0.15) is 40.2 Å². The number of nitrogens with one attached hydrogen (secondary N) is 1. The van der Waals surface area contributed by atoms with Gasteiger partial charge in [0.1, 0.15) is 17.6 Å². The molecule has 1 fully saturated rings. The molecule has 2 heterocycles. The summed E-state index contributed by atoms with van der Waals surface area (Å²) in [6, 6.07) is 25.3. The first-order chi connectivity index (χ1) is 19.2. The Balaban J connectivity index is 1.11. The van der Waals surface area contributed by atoms with E-state index >= 15 is 0 Å². The molecule has 0 radical (unpaired) electrons. The molecule has 39 heavy (non-hydrogen) atoms. The minimum absolute atomic E-state index is 0.117. The summed E-state index contributed by atoms with van der Waals surface area (Å²) in [5, 5.41) is 4.36. The quantitative estimate of drug-likeness (QED) is 0.203. The zero-order valence-corrected chi connectivity index (χ0v) is 22.2. The smallest absolute Gasteiger partial charge is 0.338 e. The predicted octanol–water partition coefficient (Wildman–Crippen LogP) is 5.53. The fourth-order valence-electron chi connectivity index (χ4n) is 4.90. The zero-order chi connectivity index (χ0) is 26.9. The van der Waals surface area contributed by atoms with Crippen LogP contribution in [0.4, 0.5) is 0 Å². The number of carbonyl (C=O) groups is 1. The molecule has 2 atom stereocenters. The van der Waals surface area contributed by atoms with Crippen molar-refractivity contribution in [3.8, 4) is 11.5 Å². The maximum Gasteiger partial charge on any atom is 0.338 e. The van der Waals surface area contributed by atoms with E-state index in [-0.39, 0.29) is 18.0 Å². The van der Waals surface area contributed by atoms with Crippen LogP contribution in [-0.4, -0.2) is 50.5 Å². The van der Waals surface area contributed by atoms with Crippen molar-refractivity contribution in [1.82, 2.24) is 10.3 Å². The first-order valence-electron chi connectivity index (χ1n) is 13.4. The van der Waals surface area contributed by atoms with Crippen LogP contribution in [0.25, 0.3) is 10.9 Å². The van der Waals surface area contributed by atoms with Gasteiger partial charge in [0.15, 0.2) is 0 Å². The van der Waals surface area contributed by atoms with Crippen LogP contribution >= 0.6 is 0 Å². The van der Waals surface area contributed by atoms with Crippen molar-refractivity contribution in [1.29, 1.82) is 0 Å². The fraction of sp³-hybridized carbons (Fsp3) is 0.312. The molecule has 4 aromatic rings. The second kappa shape index (κ2) is 13.2.